The molecule has 2 rings (SSSR count). The summed E-state index contributed by atoms with van der Waals surface area (Å²) in [4.78, 5) is 19.4. The van der Waals surface area contributed by atoms with Gasteiger partial charge in [0.2, 0.25) is 0 Å². The third-order valence-corrected chi connectivity index (χ3v) is 4.48. The Bertz CT molecular complexity index is 488. The maximum atomic E-state index is 11.9. The average molecular weight is 252 g/mol. The van der Waals surface area contributed by atoms with Crippen LogP contribution in [0.1, 0.15) is 10.4 Å². The molecular formula is C11H12N2OS2. The fraction of sp³-hybridized carbons (Fsp3) is 0.273. The summed E-state index contributed by atoms with van der Waals surface area (Å²) in [5.74, 6) is 0.0263. The van der Waals surface area contributed by atoms with Gasteiger partial charge in [-0.05, 0) is 41.8 Å². The fourth-order valence-electron chi connectivity index (χ4n) is 1.40. The minimum absolute atomic E-state index is 0.0263. The van der Waals surface area contributed by atoms with Crippen molar-refractivity contribution < 1.29 is 4.79 Å². The van der Waals surface area contributed by atoms with Crippen LogP contribution < -0.4 is 0 Å². The van der Waals surface area contributed by atoms with Crippen LogP contribution in [0.5, 0.6) is 0 Å². The van der Waals surface area contributed by atoms with Gasteiger partial charge in [0.05, 0.1) is 4.91 Å². The Morgan fingerprint density at radius 2 is 2.25 bits per heavy atom. The highest BCUT2D eigenvalue weighted by molar-refractivity contribution is 8.18. The van der Waals surface area contributed by atoms with Crippen molar-refractivity contribution in [1.82, 2.24) is 4.90 Å². The number of carbonyl (C=O) groups is 1. The Labute approximate surface area is 103 Å². The molecule has 0 aromatic carbocycles. The molecule has 84 valence electrons. The predicted molar refractivity (Wildman–Crippen MR) is 70.8 cm³/mol. The van der Waals surface area contributed by atoms with Gasteiger partial charge in [-0.25, -0.2) is 0 Å². The molecule has 1 aliphatic rings. The largest absolute Gasteiger partial charge is 0.290 e. The van der Waals surface area contributed by atoms with E-state index in [1.807, 2.05) is 18.4 Å². The number of hydrogen-bond acceptors (Lipinski definition) is 4. The number of thiophene rings is 1. The molecule has 0 spiro atoms. The van der Waals surface area contributed by atoms with E-state index in [2.05, 4.69) is 11.1 Å². The monoisotopic (exact) mass is 252 g/mol. The number of amides is 1. The predicted octanol–water partition coefficient (Wildman–Crippen LogP) is 2.59. The van der Waals surface area contributed by atoms with Gasteiger partial charge in [-0.3, -0.25) is 14.7 Å². The maximum absolute atomic E-state index is 11.9. The summed E-state index contributed by atoms with van der Waals surface area (Å²) >= 11 is 3.08. The van der Waals surface area contributed by atoms with Crippen molar-refractivity contribution in [3.63, 3.8) is 0 Å². The van der Waals surface area contributed by atoms with Crippen molar-refractivity contribution in [1.29, 1.82) is 0 Å². The summed E-state index contributed by atoms with van der Waals surface area (Å²) in [6.07, 6.45) is 1.95. The molecule has 1 fully saturated rings. The molecule has 0 unspecified atom stereocenters. The molecule has 0 bridgehead atoms. The Morgan fingerprint density at radius 3 is 2.75 bits per heavy atom. The van der Waals surface area contributed by atoms with E-state index in [0.717, 1.165) is 14.9 Å². The van der Waals surface area contributed by atoms with Gasteiger partial charge >= 0.3 is 0 Å². The zero-order valence-electron chi connectivity index (χ0n) is 9.35. The number of hydrogen-bond donors (Lipinski definition) is 0. The van der Waals surface area contributed by atoms with E-state index in [-0.39, 0.29) is 5.91 Å². The summed E-state index contributed by atoms with van der Waals surface area (Å²) < 4.78 is 0. The zero-order valence-corrected chi connectivity index (χ0v) is 11.0. The van der Waals surface area contributed by atoms with Crippen LogP contribution in [-0.4, -0.2) is 30.1 Å². The zero-order chi connectivity index (χ0) is 11.7. The quantitative estimate of drug-likeness (QED) is 0.720. The number of rotatable bonds is 1. The standard InChI is InChI=1S/C11H12N2OS2/c1-7-4-5-15-8(7)6-9-10(14)13(3)11(12-2)16-9/h4-6H,1-3H3. The number of likely N-dealkylation sites (N-methyl/N-ethyl adjacent to an activating group) is 1. The number of thioether (sulfide) groups is 1. The number of amidine groups is 1. The second-order valence-corrected chi connectivity index (χ2v) is 5.41. The molecule has 0 atom stereocenters. The molecule has 1 aliphatic heterocycles. The van der Waals surface area contributed by atoms with Crippen LogP contribution in [0.3, 0.4) is 0 Å². The van der Waals surface area contributed by atoms with Crippen molar-refractivity contribution in [3.8, 4) is 0 Å². The molecule has 1 aromatic heterocycles. The molecule has 1 saturated heterocycles. The third kappa shape index (κ3) is 1.92. The summed E-state index contributed by atoms with van der Waals surface area (Å²) in [5, 5.41) is 2.79. The van der Waals surface area contributed by atoms with Crippen LogP contribution in [0.4, 0.5) is 0 Å². The lowest BCUT2D eigenvalue weighted by molar-refractivity contribution is -0.121. The summed E-state index contributed by atoms with van der Waals surface area (Å²) in [7, 11) is 3.45. The van der Waals surface area contributed by atoms with Gasteiger partial charge in [0, 0.05) is 19.0 Å². The molecule has 1 aromatic rings. The van der Waals surface area contributed by atoms with Crippen LogP contribution in [0, 0.1) is 6.92 Å². The van der Waals surface area contributed by atoms with Gasteiger partial charge in [0.1, 0.15) is 0 Å². The van der Waals surface area contributed by atoms with E-state index in [0.29, 0.717) is 0 Å². The van der Waals surface area contributed by atoms with Crippen molar-refractivity contribution in [2.45, 2.75) is 6.92 Å². The number of aryl methyl sites for hydroxylation is 1. The Balaban J connectivity index is 2.34. The van der Waals surface area contributed by atoms with E-state index < -0.39 is 0 Å². The first kappa shape index (κ1) is 11.4. The second kappa shape index (κ2) is 4.43. The van der Waals surface area contributed by atoms with Gasteiger partial charge in [-0.2, -0.15) is 0 Å². The molecule has 0 radical (unpaired) electrons. The summed E-state index contributed by atoms with van der Waals surface area (Å²) in [6.45, 7) is 2.05. The molecule has 1 amide bonds. The Kier molecular flexibility index (Phi) is 3.16. The van der Waals surface area contributed by atoms with Gasteiger partial charge in [-0.1, -0.05) is 0 Å². The number of carbonyl (C=O) groups excluding carboxylic acids is 1. The van der Waals surface area contributed by atoms with Gasteiger partial charge in [0.25, 0.3) is 5.91 Å². The first-order valence-electron chi connectivity index (χ1n) is 4.82. The molecule has 0 N–H and O–H groups in total. The molecular weight excluding hydrogens is 240 g/mol. The van der Waals surface area contributed by atoms with Gasteiger partial charge in [0.15, 0.2) is 5.17 Å². The number of nitrogens with zero attached hydrogens (tertiary/aromatic N) is 2. The van der Waals surface area contributed by atoms with Crippen molar-refractivity contribution in [3.05, 3.63) is 26.8 Å². The molecule has 16 heavy (non-hydrogen) atoms. The number of aliphatic imine (C=N–C) groups is 1. The van der Waals surface area contributed by atoms with Crippen LogP contribution in [-0.2, 0) is 4.79 Å². The Hall–Kier alpha value is -1.07. The average Bonchev–Trinajstić information content (AvgIpc) is 2.78. The highest BCUT2D eigenvalue weighted by Crippen LogP contribution is 2.32. The van der Waals surface area contributed by atoms with E-state index in [1.54, 1.807) is 30.3 Å². The van der Waals surface area contributed by atoms with Crippen molar-refractivity contribution >= 4 is 40.2 Å². The van der Waals surface area contributed by atoms with Crippen LogP contribution in [0.25, 0.3) is 6.08 Å². The SMILES string of the molecule is CN=C1SC(=Cc2sccc2C)C(=O)N1C. The van der Waals surface area contributed by atoms with Crippen LogP contribution in [0.2, 0.25) is 0 Å². The van der Waals surface area contributed by atoms with E-state index in [9.17, 15) is 4.79 Å². The molecule has 0 aliphatic carbocycles. The Morgan fingerprint density at radius 1 is 1.50 bits per heavy atom. The van der Waals surface area contributed by atoms with Crippen molar-refractivity contribution in [2.75, 3.05) is 14.1 Å². The smallest absolute Gasteiger partial charge is 0.266 e. The lowest BCUT2D eigenvalue weighted by atomic mass is 10.3. The van der Waals surface area contributed by atoms with E-state index in [1.165, 1.54) is 17.3 Å². The lowest BCUT2D eigenvalue weighted by Crippen LogP contribution is -2.23. The highest BCUT2D eigenvalue weighted by Gasteiger charge is 2.29. The van der Waals surface area contributed by atoms with E-state index >= 15 is 0 Å². The molecule has 0 saturated carbocycles. The highest BCUT2D eigenvalue weighted by atomic mass is 32.2. The van der Waals surface area contributed by atoms with Crippen LogP contribution >= 0.6 is 23.1 Å². The third-order valence-electron chi connectivity index (χ3n) is 2.36. The van der Waals surface area contributed by atoms with Crippen molar-refractivity contribution in [2.24, 2.45) is 4.99 Å². The minimum Gasteiger partial charge on any atom is -0.290 e. The molecule has 3 nitrogen and oxygen atoms in total. The van der Waals surface area contributed by atoms with Crippen LogP contribution in [0.15, 0.2) is 21.3 Å². The summed E-state index contributed by atoms with van der Waals surface area (Å²) in [5.41, 5.74) is 1.20. The normalized spacial score (nSPS) is 21.4. The molecule has 5 heteroatoms. The first-order valence-corrected chi connectivity index (χ1v) is 6.51. The topological polar surface area (TPSA) is 32.7 Å². The first-order chi connectivity index (χ1) is 7.63. The summed E-state index contributed by atoms with van der Waals surface area (Å²) in [6, 6.07) is 2.06. The van der Waals surface area contributed by atoms with Gasteiger partial charge < -0.3 is 0 Å². The van der Waals surface area contributed by atoms with E-state index in [4.69, 9.17) is 0 Å². The fourth-order valence-corrected chi connectivity index (χ4v) is 3.24. The lowest BCUT2D eigenvalue weighted by Gasteiger charge is -2.04. The molecule has 2 heterocycles. The minimum atomic E-state index is 0.0263. The van der Waals surface area contributed by atoms with Gasteiger partial charge in [-0.15, -0.1) is 11.3 Å². The second-order valence-electron chi connectivity index (χ2n) is 3.45. The maximum Gasteiger partial charge on any atom is 0.266 e.